The number of pyridine rings is 1. The Morgan fingerprint density at radius 1 is 1.13 bits per heavy atom. The number of nitrogens with one attached hydrogen (secondary N) is 3. The second kappa shape index (κ2) is 11.4. The lowest BCUT2D eigenvalue weighted by atomic mass is 10.1. The lowest BCUT2D eigenvalue weighted by molar-refractivity contribution is -0.124. The molecule has 160 valence electrons. The average molecular weight is 452 g/mol. The number of halogens is 2. The topological polar surface area (TPSA) is 107 Å². The van der Waals surface area contributed by atoms with Gasteiger partial charge in [0.15, 0.2) is 0 Å². The maximum Gasteiger partial charge on any atom is 0.321 e. The van der Waals surface area contributed by atoms with Crippen molar-refractivity contribution in [1.29, 1.82) is 0 Å². The summed E-state index contributed by atoms with van der Waals surface area (Å²) in [5.74, 6) is 0.136. The first-order valence-corrected chi connectivity index (χ1v) is 9.57. The number of hydrogen-bond donors (Lipinski definition) is 4. The molecule has 0 saturated carbocycles. The molecule has 0 unspecified atom stereocenters. The highest BCUT2D eigenvalue weighted by molar-refractivity contribution is 6.30. The Morgan fingerprint density at radius 3 is 2.43 bits per heavy atom. The fourth-order valence-corrected chi connectivity index (χ4v) is 3.10. The monoisotopic (exact) mass is 451 g/mol. The van der Waals surface area contributed by atoms with E-state index in [1.165, 1.54) is 11.6 Å². The molecule has 2 heterocycles. The number of hydroxylamine groups is 1. The second-order valence-corrected chi connectivity index (χ2v) is 7.07. The van der Waals surface area contributed by atoms with Crippen LogP contribution in [0.4, 0.5) is 16.3 Å². The van der Waals surface area contributed by atoms with Crippen LogP contribution in [0.1, 0.15) is 18.4 Å². The summed E-state index contributed by atoms with van der Waals surface area (Å²) in [6, 6.07) is 10.8. The molecule has 0 bridgehead atoms. The number of aromatic nitrogens is 1. The minimum absolute atomic E-state index is 0. The van der Waals surface area contributed by atoms with Crippen LogP contribution in [0.2, 0.25) is 5.02 Å². The number of likely N-dealkylation sites (tertiary alicyclic amines) is 1. The normalized spacial score (nSPS) is 14.1. The van der Waals surface area contributed by atoms with Crippen LogP contribution in [0.5, 0.6) is 0 Å². The number of carbonyl (C=O) groups excluding carboxylic acids is 2. The van der Waals surface area contributed by atoms with E-state index in [2.05, 4.69) is 15.6 Å². The first kappa shape index (κ1) is 23.5. The molecule has 0 radical (unpaired) electrons. The molecule has 2 aromatic rings. The van der Waals surface area contributed by atoms with Crippen LogP contribution in [0.3, 0.4) is 0 Å². The number of anilines is 2. The Morgan fingerprint density at radius 2 is 1.83 bits per heavy atom. The number of nitrogens with zero attached hydrogens (tertiary/aromatic N) is 2. The van der Waals surface area contributed by atoms with E-state index in [4.69, 9.17) is 16.8 Å². The molecule has 3 rings (SSSR count). The molecule has 0 aliphatic carbocycles. The van der Waals surface area contributed by atoms with E-state index in [0.717, 1.165) is 29.9 Å². The van der Waals surface area contributed by atoms with Gasteiger partial charge in [0.05, 0.1) is 0 Å². The van der Waals surface area contributed by atoms with Gasteiger partial charge in [-0.3, -0.25) is 10.0 Å². The van der Waals surface area contributed by atoms with Gasteiger partial charge < -0.3 is 15.5 Å². The lowest BCUT2D eigenvalue weighted by Gasteiger charge is -2.32. The molecule has 1 aromatic heterocycles. The Labute approximate surface area is 185 Å². The number of piperidine rings is 1. The van der Waals surface area contributed by atoms with Crippen molar-refractivity contribution in [3.8, 4) is 0 Å². The van der Waals surface area contributed by atoms with E-state index < -0.39 is 5.91 Å². The number of carbonyl (C=O) groups is 2. The van der Waals surface area contributed by atoms with E-state index in [-0.39, 0.29) is 24.5 Å². The number of rotatable bonds is 5. The average Bonchev–Trinajstić information content (AvgIpc) is 2.75. The largest absolute Gasteiger partial charge is 0.367 e. The van der Waals surface area contributed by atoms with Crippen molar-refractivity contribution in [3.63, 3.8) is 0 Å². The van der Waals surface area contributed by atoms with Crippen LogP contribution < -0.4 is 16.1 Å². The number of hydrogen-bond acceptors (Lipinski definition) is 5. The summed E-state index contributed by atoms with van der Waals surface area (Å²) >= 11 is 5.86. The highest BCUT2D eigenvalue weighted by atomic mass is 35.5. The standard InChI is InChI=1S/C20H22ClN5O3.ClH/c21-15-3-5-16(6-4-15)24-20(28)26-11-9-17(10-12-26)23-18-7-1-14(13-22-18)2-8-19(27)25-29;/h1-8,13,17,29H,9-12H2,(H,22,23)(H,24,28)(H,25,27);1H. The summed E-state index contributed by atoms with van der Waals surface area (Å²) < 4.78 is 0. The summed E-state index contributed by atoms with van der Waals surface area (Å²) in [6.45, 7) is 1.29. The molecule has 3 amide bonds. The maximum absolute atomic E-state index is 12.4. The smallest absolute Gasteiger partial charge is 0.321 e. The van der Waals surface area contributed by atoms with Gasteiger partial charge in [-0.05, 0) is 60.9 Å². The van der Waals surface area contributed by atoms with E-state index in [0.29, 0.717) is 18.1 Å². The van der Waals surface area contributed by atoms with Gasteiger partial charge in [-0.15, -0.1) is 12.4 Å². The third-order valence-electron chi connectivity index (χ3n) is 4.55. The predicted octanol–water partition coefficient (Wildman–Crippen LogP) is 3.78. The molecule has 0 spiro atoms. The molecule has 1 aromatic carbocycles. The van der Waals surface area contributed by atoms with E-state index >= 15 is 0 Å². The van der Waals surface area contributed by atoms with Gasteiger partial charge in [-0.2, -0.15) is 0 Å². The minimum Gasteiger partial charge on any atom is -0.367 e. The fourth-order valence-electron chi connectivity index (χ4n) is 2.97. The summed E-state index contributed by atoms with van der Waals surface area (Å²) in [6.07, 6.45) is 6.04. The van der Waals surface area contributed by atoms with E-state index in [1.54, 1.807) is 41.4 Å². The van der Waals surface area contributed by atoms with Crippen LogP contribution >= 0.6 is 24.0 Å². The minimum atomic E-state index is -0.598. The van der Waals surface area contributed by atoms with Gasteiger partial charge in [0.25, 0.3) is 5.91 Å². The molecule has 8 nitrogen and oxygen atoms in total. The van der Waals surface area contributed by atoms with Gasteiger partial charge in [-0.1, -0.05) is 11.6 Å². The number of amides is 3. The third-order valence-corrected chi connectivity index (χ3v) is 4.81. The highest BCUT2D eigenvalue weighted by Gasteiger charge is 2.23. The maximum atomic E-state index is 12.4. The van der Waals surface area contributed by atoms with Crippen LogP contribution in [-0.2, 0) is 4.79 Å². The Bertz CT molecular complexity index is 867. The van der Waals surface area contributed by atoms with Crippen molar-refractivity contribution >= 4 is 53.5 Å². The molecule has 10 heteroatoms. The lowest BCUT2D eigenvalue weighted by Crippen LogP contribution is -2.44. The quantitative estimate of drug-likeness (QED) is 0.314. The van der Waals surface area contributed by atoms with Crippen molar-refractivity contribution in [2.24, 2.45) is 0 Å². The van der Waals surface area contributed by atoms with Crippen molar-refractivity contribution in [2.75, 3.05) is 23.7 Å². The van der Waals surface area contributed by atoms with Crippen molar-refractivity contribution in [2.45, 2.75) is 18.9 Å². The molecule has 4 N–H and O–H groups in total. The van der Waals surface area contributed by atoms with Gasteiger partial charge in [0, 0.05) is 42.1 Å². The van der Waals surface area contributed by atoms with Gasteiger partial charge >= 0.3 is 6.03 Å². The second-order valence-electron chi connectivity index (χ2n) is 6.63. The fraction of sp³-hybridized carbons (Fsp3) is 0.250. The summed E-state index contributed by atoms with van der Waals surface area (Å²) in [5.41, 5.74) is 2.99. The Hall–Kier alpha value is -2.81. The zero-order valence-electron chi connectivity index (χ0n) is 16.0. The molecule has 1 aliphatic rings. The van der Waals surface area contributed by atoms with Crippen LogP contribution in [0, 0.1) is 0 Å². The summed E-state index contributed by atoms with van der Waals surface area (Å²) in [5, 5.41) is 15.3. The molecule has 1 aliphatic heterocycles. The summed E-state index contributed by atoms with van der Waals surface area (Å²) in [7, 11) is 0. The molecular formula is C20H23Cl2N5O3. The number of benzene rings is 1. The molecular weight excluding hydrogens is 429 g/mol. The SMILES string of the molecule is Cl.O=C(C=Cc1ccc(NC2CCN(C(=O)Nc3ccc(Cl)cc3)CC2)nc1)NO. The van der Waals surface area contributed by atoms with Crippen molar-refractivity contribution < 1.29 is 14.8 Å². The number of urea groups is 1. The van der Waals surface area contributed by atoms with Gasteiger partial charge in [-0.25, -0.2) is 15.3 Å². The highest BCUT2D eigenvalue weighted by Crippen LogP contribution is 2.18. The van der Waals surface area contributed by atoms with Crippen molar-refractivity contribution in [3.05, 3.63) is 59.3 Å². The molecule has 1 fully saturated rings. The first-order chi connectivity index (χ1) is 14.0. The van der Waals surface area contributed by atoms with Crippen molar-refractivity contribution in [1.82, 2.24) is 15.4 Å². The molecule has 1 saturated heterocycles. The van der Waals surface area contributed by atoms with Crippen LogP contribution in [-0.4, -0.2) is 46.2 Å². The Kier molecular flexibility index (Phi) is 8.91. The third kappa shape index (κ3) is 6.91. The molecule has 30 heavy (non-hydrogen) atoms. The van der Waals surface area contributed by atoms with Crippen LogP contribution in [0.15, 0.2) is 48.7 Å². The van der Waals surface area contributed by atoms with Gasteiger partial charge in [0.2, 0.25) is 0 Å². The molecule has 0 atom stereocenters. The zero-order valence-corrected chi connectivity index (χ0v) is 17.6. The van der Waals surface area contributed by atoms with Crippen LogP contribution in [0.25, 0.3) is 6.08 Å². The zero-order chi connectivity index (χ0) is 20.6. The summed E-state index contributed by atoms with van der Waals surface area (Å²) in [4.78, 5) is 29.5. The van der Waals surface area contributed by atoms with E-state index in [1.807, 2.05) is 12.1 Å². The first-order valence-electron chi connectivity index (χ1n) is 9.20. The van der Waals surface area contributed by atoms with E-state index in [9.17, 15) is 9.59 Å². The predicted molar refractivity (Wildman–Crippen MR) is 119 cm³/mol. The van der Waals surface area contributed by atoms with Gasteiger partial charge in [0.1, 0.15) is 5.82 Å². The Balaban J connectivity index is 0.00000320.